The van der Waals surface area contributed by atoms with Gasteiger partial charge in [0.25, 0.3) is 0 Å². The van der Waals surface area contributed by atoms with Gasteiger partial charge in [-0.05, 0) is 18.9 Å². The van der Waals surface area contributed by atoms with Crippen molar-refractivity contribution in [1.82, 2.24) is 9.97 Å². The van der Waals surface area contributed by atoms with Gasteiger partial charge < -0.3 is 10.1 Å². The number of nitrogens with one attached hydrogen (secondary N) is 1. The minimum absolute atomic E-state index is 0.110. The molecular weight excluding hydrogens is 242 g/mol. The molecule has 0 unspecified atom stereocenters. The monoisotopic (exact) mass is 263 g/mol. The third-order valence-electron chi connectivity index (χ3n) is 3.48. The van der Waals surface area contributed by atoms with E-state index in [1.165, 1.54) is 39.2 Å². The molecule has 0 aromatic carbocycles. The maximum atomic E-state index is 11.4. The number of anilines is 1. The predicted octanol–water partition coefficient (Wildman–Crippen LogP) is 2.79. The van der Waals surface area contributed by atoms with Crippen molar-refractivity contribution in [3.63, 3.8) is 0 Å². The maximum Gasteiger partial charge on any atom is 0.376 e. The SMILES string of the molecule is COC(=O)c1nccc(NC2CCCCCCC2)n1. The van der Waals surface area contributed by atoms with Gasteiger partial charge in [-0.2, -0.15) is 0 Å². The molecule has 1 saturated carbocycles. The van der Waals surface area contributed by atoms with Crippen molar-refractivity contribution in [2.75, 3.05) is 12.4 Å². The number of methoxy groups -OCH3 is 1. The van der Waals surface area contributed by atoms with E-state index in [0.29, 0.717) is 11.9 Å². The normalized spacial score (nSPS) is 17.3. The van der Waals surface area contributed by atoms with Gasteiger partial charge in [0.05, 0.1) is 7.11 Å². The van der Waals surface area contributed by atoms with Gasteiger partial charge in [0.2, 0.25) is 5.82 Å². The first-order chi connectivity index (χ1) is 9.29. The molecule has 5 nitrogen and oxygen atoms in total. The largest absolute Gasteiger partial charge is 0.463 e. The van der Waals surface area contributed by atoms with Crippen LogP contribution in [0.15, 0.2) is 12.3 Å². The Labute approximate surface area is 113 Å². The molecule has 0 spiro atoms. The number of carbonyl (C=O) groups is 1. The maximum absolute atomic E-state index is 11.4. The van der Waals surface area contributed by atoms with Gasteiger partial charge in [-0.1, -0.05) is 32.1 Å². The molecule has 0 atom stereocenters. The Kier molecular flexibility index (Phi) is 5.12. The quantitative estimate of drug-likeness (QED) is 0.849. The molecule has 0 radical (unpaired) electrons. The Balaban J connectivity index is 1.99. The number of ether oxygens (including phenoxy) is 1. The van der Waals surface area contributed by atoms with Gasteiger partial charge in [0, 0.05) is 12.2 Å². The molecule has 1 heterocycles. The molecule has 5 heteroatoms. The van der Waals surface area contributed by atoms with Crippen LogP contribution in [-0.4, -0.2) is 29.1 Å². The summed E-state index contributed by atoms with van der Waals surface area (Å²) < 4.78 is 4.63. The van der Waals surface area contributed by atoms with Crippen LogP contribution in [0.4, 0.5) is 5.82 Å². The van der Waals surface area contributed by atoms with Crippen LogP contribution in [-0.2, 0) is 4.74 Å². The second-order valence-corrected chi connectivity index (χ2v) is 4.94. The first-order valence-electron chi connectivity index (χ1n) is 6.97. The molecule has 1 aliphatic rings. The van der Waals surface area contributed by atoms with Crippen molar-refractivity contribution < 1.29 is 9.53 Å². The van der Waals surface area contributed by atoms with Gasteiger partial charge in [-0.3, -0.25) is 0 Å². The smallest absolute Gasteiger partial charge is 0.376 e. The topological polar surface area (TPSA) is 64.1 Å². The fourth-order valence-corrected chi connectivity index (χ4v) is 2.44. The number of nitrogens with zero attached hydrogens (tertiary/aromatic N) is 2. The summed E-state index contributed by atoms with van der Waals surface area (Å²) in [6.45, 7) is 0. The molecule has 0 aliphatic heterocycles. The van der Waals surface area contributed by atoms with Crippen LogP contribution < -0.4 is 5.32 Å². The number of esters is 1. The lowest BCUT2D eigenvalue weighted by Crippen LogP contribution is -2.22. The molecule has 0 amide bonds. The summed E-state index contributed by atoms with van der Waals surface area (Å²) >= 11 is 0. The number of rotatable bonds is 3. The first-order valence-corrected chi connectivity index (χ1v) is 6.97. The highest BCUT2D eigenvalue weighted by molar-refractivity contribution is 5.85. The lowest BCUT2D eigenvalue weighted by Gasteiger charge is -2.21. The summed E-state index contributed by atoms with van der Waals surface area (Å²) in [5, 5.41) is 3.41. The van der Waals surface area contributed by atoms with Crippen molar-refractivity contribution in [2.45, 2.75) is 51.0 Å². The van der Waals surface area contributed by atoms with Gasteiger partial charge >= 0.3 is 5.97 Å². The molecule has 1 fully saturated rings. The second kappa shape index (κ2) is 7.07. The van der Waals surface area contributed by atoms with Crippen LogP contribution in [0.25, 0.3) is 0 Å². The van der Waals surface area contributed by atoms with E-state index in [4.69, 9.17) is 0 Å². The Morgan fingerprint density at radius 2 is 1.95 bits per heavy atom. The summed E-state index contributed by atoms with van der Waals surface area (Å²) in [6.07, 6.45) is 10.4. The summed E-state index contributed by atoms with van der Waals surface area (Å²) in [7, 11) is 1.33. The Morgan fingerprint density at radius 1 is 1.26 bits per heavy atom. The van der Waals surface area contributed by atoms with Gasteiger partial charge in [0.15, 0.2) is 0 Å². The summed E-state index contributed by atoms with van der Waals surface area (Å²) in [4.78, 5) is 19.5. The molecule has 1 N–H and O–H groups in total. The fourth-order valence-electron chi connectivity index (χ4n) is 2.44. The molecular formula is C14H21N3O2. The van der Waals surface area contributed by atoms with Crippen molar-refractivity contribution in [1.29, 1.82) is 0 Å². The standard InChI is InChI=1S/C14H21N3O2/c1-19-14(18)13-15-10-9-12(17-13)16-11-7-5-3-2-4-6-8-11/h9-11H,2-8H2,1H3,(H,15,16,17). The van der Waals surface area contributed by atoms with Crippen molar-refractivity contribution >= 4 is 11.8 Å². The molecule has 104 valence electrons. The average molecular weight is 263 g/mol. The fraction of sp³-hybridized carbons (Fsp3) is 0.643. The highest BCUT2D eigenvalue weighted by atomic mass is 16.5. The van der Waals surface area contributed by atoms with E-state index in [1.54, 1.807) is 12.3 Å². The number of carbonyl (C=O) groups excluding carboxylic acids is 1. The molecule has 0 saturated heterocycles. The minimum atomic E-state index is -0.499. The number of hydrogen-bond acceptors (Lipinski definition) is 5. The van der Waals surface area contributed by atoms with E-state index in [2.05, 4.69) is 20.0 Å². The molecule has 1 aliphatic carbocycles. The van der Waals surface area contributed by atoms with E-state index in [1.807, 2.05) is 0 Å². The summed E-state index contributed by atoms with van der Waals surface area (Å²) in [6, 6.07) is 2.24. The Bertz CT molecular complexity index is 415. The second-order valence-electron chi connectivity index (χ2n) is 4.94. The van der Waals surface area contributed by atoms with Crippen molar-refractivity contribution in [3.05, 3.63) is 18.1 Å². The van der Waals surface area contributed by atoms with E-state index in [9.17, 15) is 4.79 Å². The number of hydrogen-bond donors (Lipinski definition) is 1. The van der Waals surface area contributed by atoms with Crippen LogP contribution in [0.5, 0.6) is 0 Å². The van der Waals surface area contributed by atoms with Crippen molar-refractivity contribution in [2.24, 2.45) is 0 Å². The Morgan fingerprint density at radius 3 is 2.63 bits per heavy atom. The third-order valence-corrected chi connectivity index (χ3v) is 3.48. The molecule has 19 heavy (non-hydrogen) atoms. The summed E-state index contributed by atoms with van der Waals surface area (Å²) in [5.41, 5.74) is 0. The lowest BCUT2D eigenvalue weighted by molar-refractivity contribution is 0.0587. The molecule has 0 bridgehead atoms. The minimum Gasteiger partial charge on any atom is -0.463 e. The highest BCUT2D eigenvalue weighted by Crippen LogP contribution is 2.19. The average Bonchev–Trinajstić information content (AvgIpc) is 2.41. The van der Waals surface area contributed by atoms with E-state index in [-0.39, 0.29) is 5.82 Å². The third kappa shape index (κ3) is 4.19. The van der Waals surface area contributed by atoms with Crippen LogP contribution >= 0.6 is 0 Å². The Hall–Kier alpha value is -1.65. The zero-order chi connectivity index (χ0) is 13.5. The molecule has 1 aromatic heterocycles. The summed E-state index contributed by atoms with van der Waals surface area (Å²) in [5.74, 6) is 0.320. The van der Waals surface area contributed by atoms with Crippen LogP contribution in [0.2, 0.25) is 0 Å². The van der Waals surface area contributed by atoms with E-state index >= 15 is 0 Å². The van der Waals surface area contributed by atoms with Crippen LogP contribution in [0, 0.1) is 0 Å². The van der Waals surface area contributed by atoms with Crippen molar-refractivity contribution in [3.8, 4) is 0 Å². The zero-order valence-corrected chi connectivity index (χ0v) is 11.4. The number of aromatic nitrogens is 2. The molecule has 2 rings (SSSR count). The lowest BCUT2D eigenvalue weighted by atomic mass is 9.97. The van der Waals surface area contributed by atoms with Gasteiger partial charge in [-0.25, -0.2) is 14.8 Å². The van der Waals surface area contributed by atoms with Gasteiger partial charge in [-0.15, -0.1) is 0 Å². The molecule has 1 aromatic rings. The van der Waals surface area contributed by atoms with E-state index < -0.39 is 5.97 Å². The van der Waals surface area contributed by atoms with Gasteiger partial charge in [0.1, 0.15) is 5.82 Å². The van der Waals surface area contributed by atoms with Crippen LogP contribution in [0.3, 0.4) is 0 Å². The first kappa shape index (κ1) is 13.8. The zero-order valence-electron chi connectivity index (χ0n) is 11.4. The predicted molar refractivity (Wildman–Crippen MR) is 73.1 cm³/mol. The van der Waals surface area contributed by atoms with E-state index in [0.717, 1.165) is 12.8 Å². The van der Waals surface area contributed by atoms with Crippen LogP contribution in [0.1, 0.15) is 55.6 Å². The highest BCUT2D eigenvalue weighted by Gasteiger charge is 2.14.